The van der Waals surface area contributed by atoms with E-state index in [2.05, 4.69) is 4.52 Å². The minimum atomic E-state index is -5.73. The van der Waals surface area contributed by atoms with Gasteiger partial charge in [0.1, 0.15) is 0 Å². The molecule has 1 unspecified atom stereocenters. The van der Waals surface area contributed by atoms with Gasteiger partial charge in [-0.05, 0) is 0 Å². The summed E-state index contributed by atoms with van der Waals surface area (Å²) in [4.78, 5) is 9.32. The van der Waals surface area contributed by atoms with Crippen LogP contribution in [-0.2, 0) is 9.09 Å². The van der Waals surface area contributed by atoms with Crippen LogP contribution in [0.25, 0.3) is 0 Å². The fraction of sp³-hybridized carbons (Fsp3) is 1.00. The summed E-state index contributed by atoms with van der Waals surface area (Å²) in [5.41, 5.74) is 0. The maximum atomic E-state index is 11.2. The van der Waals surface area contributed by atoms with Crippen molar-refractivity contribution in [3.05, 3.63) is 0 Å². The van der Waals surface area contributed by atoms with E-state index in [4.69, 9.17) is 0 Å². The van der Waals surface area contributed by atoms with Crippen LogP contribution in [0.4, 0.5) is 17.4 Å². The van der Waals surface area contributed by atoms with Crippen molar-refractivity contribution in [1.82, 2.24) is 0 Å². The fourth-order valence-electron chi connectivity index (χ4n) is 0.150. The molecule has 0 saturated carbocycles. The molecule has 62 valence electrons. The Morgan fingerprint density at radius 2 is 1.82 bits per heavy atom. The predicted molar refractivity (Wildman–Crippen MR) is 20.7 cm³/mol. The molecular formula is C2H2F4LiO3P. The summed E-state index contributed by atoms with van der Waals surface area (Å²) in [6, 6.07) is 0. The summed E-state index contributed by atoms with van der Waals surface area (Å²) in [5.74, 6) is 0. The number of rotatable bonds is 2. The molecule has 1 atom stereocenters. The second-order valence-electron chi connectivity index (χ2n) is 1.32. The first kappa shape index (κ1) is 14.0. The van der Waals surface area contributed by atoms with Crippen LogP contribution in [0.15, 0.2) is 0 Å². The number of hydrogen-bond acceptors (Lipinski definition) is 3. The van der Waals surface area contributed by atoms with Crippen molar-refractivity contribution in [1.29, 1.82) is 0 Å². The second kappa shape index (κ2) is 4.48. The number of hydrogen-bond donors (Lipinski definition) is 0. The normalized spacial score (nSPS) is 16.8. The average Bonchev–Trinajstić information content (AvgIpc) is 1.57. The molecule has 0 aromatic carbocycles. The molecule has 3 nitrogen and oxygen atoms in total. The van der Waals surface area contributed by atoms with Gasteiger partial charge in [0.2, 0.25) is 0 Å². The monoisotopic (exact) mass is 188 g/mol. The molecule has 0 N–H and O–H groups in total. The third kappa shape index (κ3) is 13.5. The SMILES string of the molecule is O=P([O-])(F)OCC(F)(F)F.[Li+]. The molecule has 0 bridgehead atoms. The van der Waals surface area contributed by atoms with E-state index in [9.17, 15) is 26.8 Å². The molecule has 0 aliphatic rings. The number of halogens is 4. The maximum Gasteiger partial charge on any atom is 1.00 e. The van der Waals surface area contributed by atoms with E-state index in [-0.39, 0.29) is 18.9 Å². The van der Waals surface area contributed by atoms with Crippen molar-refractivity contribution < 1.29 is 50.2 Å². The van der Waals surface area contributed by atoms with Gasteiger partial charge in [-0.3, -0.25) is 4.57 Å². The van der Waals surface area contributed by atoms with Gasteiger partial charge in [0.25, 0.3) is 0 Å². The molecule has 0 rings (SSSR count). The van der Waals surface area contributed by atoms with E-state index >= 15 is 0 Å². The Morgan fingerprint density at radius 1 is 1.45 bits per heavy atom. The van der Waals surface area contributed by atoms with E-state index in [0.717, 1.165) is 0 Å². The minimum Gasteiger partial charge on any atom is -0.753 e. The van der Waals surface area contributed by atoms with Gasteiger partial charge in [0.15, 0.2) is 6.61 Å². The van der Waals surface area contributed by atoms with E-state index in [1.54, 1.807) is 0 Å². The van der Waals surface area contributed by atoms with Crippen molar-refractivity contribution in [2.75, 3.05) is 6.61 Å². The Kier molecular flexibility index (Phi) is 5.71. The van der Waals surface area contributed by atoms with E-state index in [1.807, 2.05) is 0 Å². The molecule has 9 heteroatoms. The van der Waals surface area contributed by atoms with Crippen molar-refractivity contribution in [2.24, 2.45) is 0 Å². The largest absolute Gasteiger partial charge is 1.00 e. The van der Waals surface area contributed by atoms with Crippen LogP contribution in [0, 0.1) is 0 Å². The minimum absolute atomic E-state index is 0. The molecule has 0 radical (unpaired) electrons. The topological polar surface area (TPSA) is 49.4 Å². The van der Waals surface area contributed by atoms with E-state index < -0.39 is 20.7 Å². The van der Waals surface area contributed by atoms with Crippen LogP contribution in [0.1, 0.15) is 0 Å². The summed E-state index contributed by atoms with van der Waals surface area (Å²) in [6.07, 6.45) is -4.83. The zero-order valence-electron chi connectivity index (χ0n) is 5.39. The zero-order valence-corrected chi connectivity index (χ0v) is 6.29. The molecule has 0 saturated heterocycles. The fourth-order valence-corrected chi connectivity index (χ4v) is 0.451. The standard InChI is InChI=1S/C2H3F4O3P.Li/c3-2(4,5)1-9-10(6,7)8;/h1H2,(H,7,8);/q;+1/p-1. The first-order chi connectivity index (χ1) is 4.21. The van der Waals surface area contributed by atoms with Crippen LogP contribution >= 0.6 is 7.91 Å². The summed E-state index contributed by atoms with van der Waals surface area (Å²) in [5, 5.41) is 0. The van der Waals surface area contributed by atoms with E-state index in [0.29, 0.717) is 0 Å². The second-order valence-corrected chi connectivity index (χ2v) is 2.44. The van der Waals surface area contributed by atoms with Crippen molar-refractivity contribution in [2.45, 2.75) is 6.18 Å². The van der Waals surface area contributed by atoms with Crippen LogP contribution in [-0.4, -0.2) is 12.8 Å². The predicted octanol–water partition coefficient (Wildman–Crippen LogP) is -1.99. The Balaban J connectivity index is 0. The molecular weight excluding hydrogens is 186 g/mol. The zero-order chi connectivity index (χ0) is 8.41. The van der Waals surface area contributed by atoms with Crippen LogP contribution < -0.4 is 23.8 Å². The number of alkyl halides is 3. The van der Waals surface area contributed by atoms with E-state index in [1.165, 1.54) is 0 Å². The Labute approximate surface area is 71.6 Å². The van der Waals surface area contributed by atoms with Crippen LogP contribution in [0.3, 0.4) is 0 Å². The van der Waals surface area contributed by atoms with Gasteiger partial charge >= 0.3 is 32.9 Å². The summed E-state index contributed by atoms with van der Waals surface area (Å²) >= 11 is 0. The van der Waals surface area contributed by atoms with Gasteiger partial charge in [-0.2, -0.15) is 17.4 Å². The van der Waals surface area contributed by atoms with Gasteiger partial charge in [-0.1, -0.05) is 0 Å². The molecule has 0 aliphatic carbocycles. The Hall–Kier alpha value is 0.467. The molecule has 0 aromatic rings. The molecule has 0 fully saturated rings. The van der Waals surface area contributed by atoms with Gasteiger partial charge in [0.05, 0.1) is 0 Å². The molecule has 11 heavy (non-hydrogen) atoms. The Morgan fingerprint density at radius 3 is 1.91 bits per heavy atom. The van der Waals surface area contributed by atoms with Crippen LogP contribution in [0.2, 0.25) is 0 Å². The van der Waals surface area contributed by atoms with Gasteiger partial charge in [0, 0.05) is 0 Å². The maximum absolute atomic E-state index is 11.2. The molecule has 0 heterocycles. The van der Waals surface area contributed by atoms with Gasteiger partial charge < -0.3 is 9.42 Å². The molecule has 0 aliphatic heterocycles. The molecule has 0 amide bonds. The third-order valence-corrected chi connectivity index (χ3v) is 0.820. The first-order valence-electron chi connectivity index (χ1n) is 1.93. The molecule has 0 aromatic heterocycles. The smallest absolute Gasteiger partial charge is 0.753 e. The van der Waals surface area contributed by atoms with Gasteiger partial charge in [-0.15, -0.1) is 0 Å². The molecule has 0 spiro atoms. The average molecular weight is 188 g/mol. The van der Waals surface area contributed by atoms with Crippen molar-refractivity contribution in [3.63, 3.8) is 0 Å². The van der Waals surface area contributed by atoms with Crippen molar-refractivity contribution >= 4 is 7.91 Å². The first-order valence-corrected chi connectivity index (χ1v) is 3.36. The summed E-state index contributed by atoms with van der Waals surface area (Å²) in [6.45, 7) is -2.12. The Bertz CT molecular complexity index is 152. The van der Waals surface area contributed by atoms with Crippen molar-refractivity contribution in [3.8, 4) is 0 Å². The quantitative estimate of drug-likeness (QED) is 0.286. The van der Waals surface area contributed by atoms with Crippen LogP contribution in [0.5, 0.6) is 0 Å². The summed E-state index contributed by atoms with van der Waals surface area (Å²) in [7, 11) is -5.73. The summed E-state index contributed by atoms with van der Waals surface area (Å²) < 4.78 is 56.4. The van der Waals surface area contributed by atoms with Gasteiger partial charge in [-0.25, -0.2) is 0 Å². The third-order valence-electron chi connectivity index (χ3n) is 0.382.